The highest BCUT2D eigenvalue weighted by Gasteiger charge is 2.21. The SMILES string of the molecule is Cn1ncc(-c2ccnc(Nc3ccc(P(C)(C)=O)cc3)n2)c1N1CCOCC1. The van der Waals surface area contributed by atoms with Crippen LogP contribution in [0, 0.1) is 0 Å². The lowest BCUT2D eigenvalue weighted by molar-refractivity contribution is 0.122. The van der Waals surface area contributed by atoms with Crippen molar-refractivity contribution in [2.75, 3.05) is 49.8 Å². The van der Waals surface area contributed by atoms with Gasteiger partial charge in [-0.25, -0.2) is 9.97 Å². The number of hydrogen-bond acceptors (Lipinski definition) is 7. The third kappa shape index (κ3) is 4.33. The standard InChI is InChI=1S/C20H25N6O2P/c1-25-19(26-10-12-28-13-11-26)17(14-22-25)18-8-9-21-20(24-18)23-15-4-6-16(7-5-15)29(2,3)27/h4-9,14H,10-13H2,1-3H3,(H,21,23,24). The highest BCUT2D eigenvalue weighted by atomic mass is 31.2. The molecule has 0 radical (unpaired) electrons. The fraction of sp³-hybridized carbons (Fsp3) is 0.350. The first-order valence-corrected chi connectivity index (χ1v) is 12.1. The van der Waals surface area contributed by atoms with Crippen LogP contribution in [0.25, 0.3) is 11.3 Å². The van der Waals surface area contributed by atoms with Crippen molar-refractivity contribution in [2.24, 2.45) is 7.05 Å². The molecular formula is C20H25N6O2P. The quantitative estimate of drug-likeness (QED) is 0.645. The predicted molar refractivity (Wildman–Crippen MR) is 116 cm³/mol. The van der Waals surface area contributed by atoms with Crippen LogP contribution in [-0.4, -0.2) is 59.4 Å². The van der Waals surface area contributed by atoms with E-state index in [1.54, 1.807) is 19.5 Å². The molecular weight excluding hydrogens is 387 g/mol. The summed E-state index contributed by atoms with van der Waals surface area (Å²) in [5.74, 6) is 1.53. The van der Waals surface area contributed by atoms with Gasteiger partial charge in [0.25, 0.3) is 0 Å². The van der Waals surface area contributed by atoms with Crippen molar-refractivity contribution in [3.05, 3.63) is 42.7 Å². The Balaban J connectivity index is 1.59. The maximum atomic E-state index is 12.2. The highest BCUT2D eigenvalue weighted by molar-refractivity contribution is 7.70. The first-order valence-electron chi connectivity index (χ1n) is 9.52. The minimum absolute atomic E-state index is 0.503. The van der Waals surface area contributed by atoms with Crippen LogP contribution in [0.15, 0.2) is 42.7 Å². The molecule has 3 heterocycles. The minimum atomic E-state index is -2.27. The second-order valence-corrected chi connectivity index (χ2v) is 10.6. The van der Waals surface area contributed by atoms with Gasteiger partial charge in [-0.05, 0) is 43.7 Å². The number of aryl methyl sites for hydroxylation is 1. The molecule has 0 unspecified atom stereocenters. The summed E-state index contributed by atoms with van der Waals surface area (Å²) in [6.45, 7) is 6.60. The lowest BCUT2D eigenvalue weighted by atomic mass is 10.2. The number of anilines is 3. The molecule has 2 aromatic heterocycles. The van der Waals surface area contributed by atoms with Crippen LogP contribution in [0.1, 0.15) is 0 Å². The van der Waals surface area contributed by atoms with Crippen molar-refractivity contribution in [1.29, 1.82) is 0 Å². The Bertz CT molecular complexity index is 1040. The summed E-state index contributed by atoms with van der Waals surface area (Å²) in [7, 11) is -0.326. The topological polar surface area (TPSA) is 85.2 Å². The lowest BCUT2D eigenvalue weighted by Gasteiger charge is -2.29. The van der Waals surface area contributed by atoms with Crippen LogP contribution in [-0.2, 0) is 16.3 Å². The summed E-state index contributed by atoms with van der Waals surface area (Å²) in [4.78, 5) is 11.3. The van der Waals surface area contributed by atoms with E-state index in [2.05, 4.69) is 20.3 Å². The van der Waals surface area contributed by atoms with Gasteiger partial charge in [0.15, 0.2) is 0 Å². The van der Waals surface area contributed by atoms with Crippen LogP contribution in [0.5, 0.6) is 0 Å². The summed E-state index contributed by atoms with van der Waals surface area (Å²) < 4.78 is 19.5. The Morgan fingerprint density at radius 3 is 2.52 bits per heavy atom. The summed E-state index contributed by atoms with van der Waals surface area (Å²) in [5, 5.41) is 8.52. The molecule has 1 aliphatic heterocycles. The molecule has 1 saturated heterocycles. The van der Waals surface area contributed by atoms with Gasteiger partial charge in [0, 0.05) is 37.3 Å². The van der Waals surface area contributed by atoms with Crippen molar-refractivity contribution in [3.63, 3.8) is 0 Å². The summed E-state index contributed by atoms with van der Waals surface area (Å²) >= 11 is 0. The van der Waals surface area contributed by atoms with Gasteiger partial charge in [-0.2, -0.15) is 5.10 Å². The average Bonchev–Trinajstić information content (AvgIpc) is 3.10. The Morgan fingerprint density at radius 1 is 1.10 bits per heavy atom. The zero-order valence-electron chi connectivity index (χ0n) is 16.9. The zero-order valence-corrected chi connectivity index (χ0v) is 17.8. The van der Waals surface area contributed by atoms with Gasteiger partial charge in [0.1, 0.15) is 13.0 Å². The summed E-state index contributed by atoms with van der Waals surface area (Å²) in [6.07, 6.45) is 3.58. The molecule has 0 bridgehead atoms. The predicted octanol–water partition coefficient (Wildman–Crippen LogP) is 2.71. The molecule has 0 spiro atoms. The number of hydrogen-bond donors (Lipinski definition) is 1. The molecule has 8 nitrogen and oxygen atoms in total. The highest BCUT2D eigenvalue weighted by Crippen LogP contribution is 2.35. The molecule has 0 saturated carbocycles. The van der Waals surface area contributed by atoms with Gasteiger partial charge < -0.3 is 19.5 Å². The second-order valence-electron chi connectivity index (χ2n) is 7.39. The van der Waals surface area contributed by atoms with E-state index in [0.29, 0.717) is 19.2 Å². The third-order valence-corrected chi connectivity index (χ3v) is 6.44. The summed E-state index contributed by atoms with van der Waals surface area (Å²) in [6, 6.07) is 9.44. The van der Waals surface area contributed by atoms with E-state index >= 15 is 0 Å². The number of rotatable bonds is 5. The fourth-order valence-corrected chi connectivity index (χ4v) is 4.23. The van der Waals surface area contributed by atoms with Crippen LogP contribution < -0.4 is 15.5 Å². The Kier molecular flexibility index (Phi) is 5.39. The van der Waals surface area contributed by atoms with Crippen molar-refractivity contribution < 1.29 is 9.30 Å². The third-order valence-electron chi connectivity index (χ3n) is 4.89. The van der Waals surface area contributed by atoms with Gasteiger partial charge in [-0.15, -0.1) is 0 Å². The Labute approximate surface area is 170 Å². The van der Waals surface area contributed by atoms with Crippen molar-refractivity contribution >= 4 is 29.9 Å². The van der Waals surface area contributed by atoms with E-state index in [0.717, 1.165) is 41.2 Å². The van der Waals surface area contributed by atoms with Gasteiger partial charge in [0.2, 0.25) is 5.95 Å². The van der Waals surface area contributed by atoms with E-state index in [-0.39, 0.29) is 0 Å². The number of nitrogens with zero attached hydrogens (tertiary/aromatic N) is 5. The van der Waals surface area contributed by atoms with E-state index in [1.807, 2.05) is 48.3 Å². The Morgan fingerprint density at radius 2 is 1.83 bits per heavy atom. The average molecular weight is 412 g/mol. The van der Waals surface area contributed by atoms with Crippen molar-refractivity contribution in [1.82, 2.24) is 19.7 Å². The molecule has 0 aliphatic carbocycles. The number of ether oxygens (including phenoxy) is 1. The first kappa shape index (κ1) is 19.6. The van der Waals surface area contributed by atoms with E-state index in [9.17, 15) is 4.57 Å². The summed E-state index contributed by atoms with van der Waals surface area (Å²) in [5.41, 5.74) is 2.62. The molecule has 0 atom stereocenters. The smallest absolute Gasteiger partial charge is 0.227 e. The normalized spacial score (nSPS) is 14.8. The molecule has 9 heteroatoms. The van der Waals surface area contributed by atoms with E-state index in [4.69, 9.17) is 9.72 Å². The molecule has 1 N–H and O–H groups in total. The van der Waals surface area contributed by atoms with Gasteiger partial charge in [-0.3, -0.25) is 4.68 Å². The first-order chi connectivity index (χ1) is 13.9. The van der Waals surface area contributed by atoms with Crippen molar-refractivity contribution in [2.45, 2.75) is 0 Å². The number of nitrogens with one attached hydrogen (secondary N) is 1. The molecule has 4 rings (SSSR count). The van der Waals surface area contributed by atoms with E-state index in [1.165, 1.54) is 0 Å². The van der Waals surface area contributed by atoms with Crippen molar-refractivity contribution in [3.8, 4) is 11.3 Å². The van der Waals surface area contributed by atoms with Crippen LogP contribution in [0.4, 0.5) is 17.5 Å². The second kappa shape index (κ2) is 7.97. The van der Waals surface area contributed by atoms with Crippen LogP contribution >= 0.6 is 7.14 Å². The zero-order chi connectivity index (χ0) is 20.4. The maximum Gasteiger partial charge on any atom is 0.227 e. The minimum Gasteiger partial charge on any atom is -0.378 e. The molecule has 1 aromatic carbocycles. The molecule has 29 heavy (non-hydrogen) atoms. The van der Waals surface area contributed by atoms with Gasteiger partial charge in [-0.1, -0.05) is 0 Å². The monoisotopic (exact) mass is 412 g/mol. The number of aromatic nitrogens is 4. The van der Waals surface area contributed by atoms with E-state index < -0.39 is 7.14 Å². The molecule has 152 valence electrons. The van der Waals surface area contributed by atoms with Crippen LogP contribution in [0.3, 0.4) is 0 Å². The maximum absolute atomic E-state index is 12.2. The van der Waals surface area contributed by atoms with Crippen LogP contribution in [0.2, 0.25) is 0 Å². The largest absolute Gasteiger partial charge is 0.378 e. The number of morpholine rings is 1. The van der Waals surface area contributed by atoms with Gasteiger partial charge in [0.05, 0.1) is 30.7 Å². The molecule has 1 aliphatic rings. The Hall–Kier alpha value is -2.70. The lowest BCUT2D eigenvalue weighted by Crippen LogP contribution is -2.37. The van der Waals surface area contributed by atoms with Gasteiger partial charge >= 0.3 is 0 Å². The molecule has 0 amide bonds. The number of benzene rings is 1. The fourth-order valence-electron chi connectivity index (χ4n) is 3.36. The molecule has 1 fully saturated rings. The molecule has 3 aromatic rings.